The van der Waals surface area contributed by atoms with Crippen molar-refractivity contribution < 1.29 is 23.5 Å². The first-order valence-corrected chi connectivity index (χ1v) is 10.1. The first-order chi connectivity index (χ1) is 15.2. The van der Waals surface area contributed by atoms with Gasteiger partial charge in [-0.25, -0.2) is 9.37 Å². The number of thiazole rings is 1. The Bertz CT molecular complexity index is 1150. The number of rotatable bonds is 9. The van der Waals surface area contributed by atoms with Gasteiger partial charge in [-0.2, -0.15) is 0 Å². The zero-order valence-corrected chi connectivity index (χ0v) is 17.8. The second kappa shape index (κ2) is 9.43. The molecule has 0 spiro atoms. The maximum Gasteiger partial charge on any atom is 0.255 e. The minimum atomic E-state index is -0.837. The highest BCUT2D eigenvalue weighted by Gasteiger charge is 2.27. The number of halogens is 1. The smallest absolute Gasteiger partial charge is 0.255 e. The highest BCUT2D eigenvalue weighted by molar-refractivity contribution is 7.18. The molecule has 1 heterocycles. The molecule has 2 aromatic carbocycles. The topological polar surface area (TPSA) is 155 Å². The Hall–Kier alpha value is -3.99. The third-order valence-corrected chi connectivity index (χ3v) is 5.53. The van der Waals surface area contributed by atoms with Crippen LogP contribution in [0.4, 0.5) is 21.0 Å². The number of nitrogen functional groups attached to an aromatic ring is 1. The number of primary amides is 2. The molecule has 0 bridgehead atoms. The van der Waals surface area contributed by atoms with Crippen LogP contribution in [0.2, 0.25) is 0 Å². The number of nitrogens with two attached hydrogens (primary N) is 3. The van der Waals surface area contributed by atoms with Crippen molar-refractivity contribution in [2.75, 3.05) is 17.2 Å². The van der Waals surface area contributed by atoms with Gasteiger partial charge in [0.1, 0.15) is 28.3 Å². The van der Waals surface area contributed by atoms with Crippen LogP contribution in [0.15, 0.2) is 48.5 Å². The molecular weight excluding hydrogens is 437 g/mol. The van der Waals surface area contributed by atoms with Gasteiger partial charge in [-0.05, 0) is 55.5 Å². The van der Waals surface area contributed by atoms with Crippen molar-refractivity contribution in [3.05, 3.63) is 64.8 Å². The fourth-order valence-corrected chi connectivity index (χ4v) is 3.85. The normalized spacial score (nSPS) is 11.6. The van der Waals surface area contributed by atoms with Gasteiger partial charge in [-0.3, -0.25) is 14.4 Å². The molecule has 11 heteroatoms. The standard InChI is InChI=1S/C21H20FN5O4S/c1-11(20(25)30)27(14-6-4-13(22)5-7-14)21-26-19(24)18(32-21)17(29)12-2-8-15(9-3-12)31-10-16(23)28/h2-9,11H,10,24H2,1H3,(H2,23,28)(H2,25,30). The zero-order chi connectivity index (χ0) is 23.4. The molecule has 1 aromatic heterocycles. The Morgan fingerprint density at radius 3 is 2.28 bits per heavy atom. The molecule has 0 radical (unpaired) electrons. The van der Waals surface area contributed by atoms with Gasteiger partial charge in [0, 0.05) is 11.3 Å². The molecule has 6 N–H and O–H groups in total. The zero-order valence-electron chi connectivity index (χ0n) is 16.9. The van der Waals surface area contributed by atoms with Crippen LogP contribution in [0.1, 0.15) is 22.2 Å². The summed E-state index contributed by atoms with van der Waals surface area (Å²) in [7, 11) is 0. The summed E-state index contributed by atoms with van der Waals surface area (Å²) in [5.74, 6) is -1.74. The van der Waals surface area contributed by atoms with Gasteiger partial charge in [0.2, 0.25) is 11.7 Å². The Morgan fingerprint density at radius 1 is 1.09 bits per heavy atom. The van der Waals surface area contributed by atoms with Gasteiger partial charge in [0.05, 0.1) is 0 Å². The van der Waals surface area contributed by atoms with E-state index in [1.807, 2.05) is 0 Å². The highest BCUT2D eigenvalue weighted by atomic mass is 32.1. The minimum absolute atomic E-state index is 0.0205. The fourth-order valence-electron chi connectivity index (χ4n) is 2.80. The minimum Gasteiger partial charge on any atom is -0.484 e. The van der Waals surface area contributed by atoms with Crippen molar-refractivity contribution in [3.8, 4) is 5.75 Å². The van der Waals surface area contributed by atoms with E-state index in [4.69, 9.17) is 21.9 Å². The lowest BCUT2D eigenvalue weighted by molar-refractivity contribution is -0.120. The second-order valence-electron chi connectivity index (χ2n) is 6.74. The number of benzene rings is 2. The molecule has 0 saturated carbocycles. The van der Waals surface area contributed by atoms with Crippen LogP contribution in [0.5, 0.6) is 5.75 Å². The van der Waals surface area contributed by atoms with Crippen LogP contribution >= 0.6 is 11.3 Å². The average Bonchev–Trinajstić information content (AvgIpc) is 3.14. The number of ketones is 1. The quantitative estimate of drug-likeness (QED) is 0.415. The van der Waals surface area contributed by atoms with Gasteiger partial charge < -0.3 is 26.8 Å². The lowest BCUT2D eigenvalue weighted by Crippen LogP contribution is -2.39. The molecule has 9 nitrogen and oxygen atoms in total. The summed E-state index contributed by atoms with van der Waals surface area (Å²) in [5.41, 5.74) is 17.3. The molecule has 0 aliphatic heterocycles. The van der Waals surface area contributed by atoms with E-state index in [2.05, 4.69) is 4.98 Å². The van der Waals surface area contributed by atoms with Gasteiger partial charge in [0.25, 0.3) is 5.91 Å². The molecule has 0 saturated heterocycles. The van der Waals surface area contributed by atoms with Crippen molar-refractivity contribution in [1.29, 1.82) is 0 Å². The van der Waals surface area contributed by atoms with E-state index in [1.165, 1.54) is 53.4 Å². The van der Waals surface area contributed by atoms with Crippen LogP contribution < -0.4 is 26.8 Å². The average molecular weight is 457 g/mol. The predicted molar refractivity (Wildman–Crippen MR) is 118 cm³/mol. The summed E-state index contributed by atoms with van der Waals surface area (Å²) in [4.78, 5) is 41.6. The molecule has 32 heavy (non-hydrogen) atoms. The monoisotopic (exact) mass is 457 g/mol. The lowest BCUT2D eigenvalue weighted by Gasteiger charge is -2.26. The summed E-state index contributed by atoms with van der Waals surface area (Å²) in [6.07, 6.45) is 0. The van der Waals surface area contributed by atoms with Gasteiger partial charge in [-0.1, -0.05) is 11.3 Å². The van der Waals surface area contributed by atoms with E-state index in [0.717, 1.165) is 11.3 Å². The molecule has 2 amide bonds. The number of amides is 2. The van der Waals surface area contributed by atoms with Crippen LogP contribution in [0.3, 0.4) is 0 Å². The molecule has 1 unspecified atom stereocenters. The van der Waals surface area contributed by atoms with Crippen molar-refractivity contribution in [1.82, 2.24) is 4.98 Å². The van der Waals surface area contributed by atoms with E-state index >= 15 is 0 Å². The molecule has 3 aromatic rings. The summed E-state index contributed by atoms with van der Waals surface area (Å²) in [6, 6.07) is 10.7. The largest absolute Gasteiger partial charge is 0.484 e. The molecule has 0 fully saturated rings. The second-order valence-corrected chi connectivity index (χ2v) is 7.72. The van der Waals surface area contributed by atoms with Crippen LogP contribution in [0, 0.1) is 5.82 Å². The molecular formula is C21H20FN5O4S. The third-order valence-electron chi connectivity index (χ3n) is 4.46. The summed E-state index contributed by atoms with van der Waals surface area (Å²) < 4.78 is 18.5. The lowest BCUT2D eigenvalue weighted by atomic mass is 10.1. The SMILES string of the molecule is CC(C(N)=O)N(c1ccc(F)cc1)c1nc(N)c(C(=O)c2ccc(OCC(N)=O)cc2)s1. The van der Waals surface area contributed by atoms with Gasteiger partial charge in [0.15, 0.2) is 11.7 Å². The van der Waals surface area contributed by atoms with Crippen molar-refractivity contribution >= 4 is 45.6 Å². The van der Waals surface area contributed by atoms with Crippen LogP contribution in [0.25, 0.3) is 0 Å². The third kappa shape index (κ3) is 5.01. The molecule has 0 aliphatic rings. The fraction of sp³-hybridized carbons (Fsp3) is 0.143. The van der Waals surface area contributed by atoms with E-state index < -0.39 is 29.5 Å². The van der Waals surface area contributed by atoms with Crippen molar-refractivity contribution in [3.63, 3.8) is 0 Å². The number of nitrogens with zero attached hydrogens (tertiary/aromatic N) is 2. The van der Waals surface area contributed by atoms with Crippen molar-refractivity contribution in [2.24, 2.45) is 11.5 Å². The Labute approximate surface area is 186 Å². The molecule has 166 valence electrons. The summed E-state index contributed by atoms with van der Waals surface area (Å²) in [5, 5.41) is 0.255. The van der Waals surface area contributed by atoms with E-state index in [9.17, 15) is 18.8 Å². The maximum absolute atomic E-state index is 13.4. The summed E-state index contributed by atoms with van der Waals surface area (Å²) in [6.45, 7) is 1.28. The number of carbonyl (C=O) groups excluding carboxylic acids is 3. The molecule has 0 aliphatic carbocycles. The van der Waals surface area contributed by atoms with Crippen molar-refractivity contribution in [2.45, 2.75) is 13.0 Å². The van der Waals surface area contributed by atoms with E-state index in [1.54, 1.807) is 6.92 Å². The number of hydrogen-bond acceptors (Lipinski definition) is 8. The highest BCUT2D eigenvalue weighted by Crippen LogP contribution is 2.36. The van der Waals surface area contributed by atoms with Gasteiger partial charge in [-0.15, -0.1) is 0 Å². The number of aromatic nitrogens is 1. The first-order valence-electron chi connectivity index (χ1n) is 9.33. The maximum atomic E-state index is 13.4. The number of anilines is 3. The predicted octanol–water partition coefficient (Wildman–Crippen LogP) is 1.97. The van der Waals surface area contributed by atoms with Crippen LogP contribution in [-0.4, -0.2) is 35.2 Å². The Kier molecular flexibility index (Phi) is 6.69. The molecule has 3 rings (SSSR count). The Balaban J connectivity index is 1.91. The number of ether oxygens (including phenoxy) is 1. The van der Waals surface area contributed by atoms with E-state index in [-0.39, 0.29) is 22.4 Å². The summed E-state index contributed by atoms with van der Waals surface area (Å²) >= 11 is 0.980. The Morgan fingerprint density at radius 2 is 1.72 bits per heavy atom. The van der Waals surface area contributed by atoms with Crippen LogP contribution in [-0.2, 0) is 9.59 Å². The van der Waals surface area contributed by atoms with Gasteiger partial charge >= 0.3 is 0 Å². The van der Waals surface area contributed by atoms with E-state index in [0.29, 0.717) is 17.0 Å². The molecule has 1 atom stereocenters. The number of hydrogen-bond donors (Lipinski definition) is 3. The first kappa shape index (κ1) is 22.7. The number of carbonyl (C=O) groups is 3.